The minimum Gasteiger partial charge on any atom is -0.395 e. The maximum atomic E-state index is 12.6. The molecule has 2 N–H and O–H groups in total. The molecule has 1 fully saturated rings. The van der Waals surface area contributed by atoms with Crippen LogP contribution < -0.4 is 0 Å². The number of hydrogen-bond acceptors (Lipinski definition) is 3. The van der Waals surface area contributed by atoms with Gasteiger partial charge in [-0.15, -0.1) is 0 Å². The van der Waals surface area contributed by atoms with Crippen molar-refractivity contribution in [2.45, 2.75) is 31.8 Å². The topological polar surface area (TPSA) is 60.8 Å². The number of amides is 1. The highest BCUT2D eigenvalue weighted by Gasteiger charge is 2.31. The molecular weight excluding hydrogens is 266 g/mol. The number of carbonyl (C=O) groups is 1. The zero-order chi connectivity index (χ0) is 15.3. The van der Waals surface area contributed by atoms with E-state index in [2.05, 4.69) is 11.8 Å². The molecule has 21 heavy (non-hydrogen) atoms. The van der Waals surface area contributed by atoms with E-state index in [0.29, 0.717) is 37.1 Å². The van der Waals surface area contributed by atoms with Crippen molar-refractivity contribution in [3.63, 3.8) is 0 Å². The molecule has 1 saturated heterocycles. The molecule has 1 aliphatic rings. The minimum atomic E-state index is -0.814. The smallest absolute Gasteiger partial charge is 0.255 e. The largest absolute Gasteiger partial charge is 0.395 e. The predicted octanol–water partition coefficient (Wildman–Crippen LogP) is 1.41. The molecule has 0 aromatic heterocycles. The quantitative estimate of drug-likeness (QED) is 0.809. The number of carbonyl (C=O) groups excluding carboxylic acids is 1. The van der Waals surface area contributed by atoms with Gasteiger partial charge in [-0.1, -0.05) is 24.0 Å². The van der Waals surface area contributed by atoms with E-state index in [9.17, 15) is 9.90 Å². The van der Waals surface area contributed by atoms with Crippen LogP contribution in [0.2, 0.25) is 0 Å². The zero-order valence-electron chi connectivity index (χ0n) is 12.3. The highest BCUT2D eigenvalue weighted by molar-refractivity contribution is 5.96. The first kappa shape index (κ1) is 15.6. The summed E-state index contributed by atoms with van der Waals surface area (Å²) < 4.78 is 0. The Balaban J connectivity index is 2.21. The lowest BCUT2D eigenvalue weighted by molar-refractivity contribution is -0.0107. The van der Waals surface area contributed by atoms with Gasteiger partial charge in [0.05, 0.1) is 17.8 Å². The van der Waals surface area contributed by atoms with E-state index in [4.69, 9.17) is 5.11 Å². The van der Waals surface area contributed by atoms with E-state index < -0.39 is 5.60 Å². The van der Waals surface area contributed by atoms with Crippen LogP contribution in [0.4, 0.5) is 0 Å². The Morgan fingerprint density at radius 3 is 2.90 bits per heavy atom. The fourth-order valence-corrected chi connectivity index (χ4v) is 2.56. The lowest BCUT2D eigenvalue weighted by Crippen LogP contribution is -2.48. The van der Waals surface area contributed by atoms with Crippen molar-refractivity contribution in [3.8, 4) is 11.8 Å². The van der Waals surface area contributed by atoms with Crippen molar-refractivity contribution in [1.82, 2.24) is 4.90 Å². The Bertz CT molecular complexity index is 569. The Labute approximate surface area is 125 Å². The molecule has 1 aromatic carbocycles. The molecule has 0 spiro atoms. The monoisotopic (exact) mass is 287 g/mol. The second kappa shape index (κ2) is 6.75. The Morgan fingerprint density at radius 2 is 2.19 bits per heavy atom. The SMILES string of the molecule is CC1(O)CCCN(C(=O)c2ccccc2C#CCCO)C1. The van der Waals surface area contributed by atoms with Gasteiger partial charge in [-0.2, -0.15) is 0 Å². The third kappa shape index (κ3) is 4.07. The average Bonchev–Trinajstić information content (AvgIpc) is 2.46. The third-order valence-electron chi connectivity index (χ3n) is 3.58. The number of aliphatic hydroxyl groups is 2. The van der Waals surface area contributed by atoms with E-state index >= 15 is 0 Å². The van der Waals surface area contributed by atoms with Crippen molar-refractivity contribution >= 4 is 5.91 Å². The predicted molar refractivity (Wildman–Crippen MR) is 80.8 cm³/mol. The fourth-order valence-electron chi connectivity index (χ4n) is 2.56. The zero-order valence-corrected chi connectivity index (χ0v) is 12.3. The van der Waals surface area contributed by atoms with E-state index in [0.717, 1.165) is 6.42 Å². The Kier molecular flexibility index (Phi) is 5.00. The molecule has 1 aromatic rings. The number of β-amino-alcohol motifs (C(OH)–C–C–N with tert-alkyl or cyclic N) is 1. The maximum absolute atomic E-state index is 12.6. The van der Waals surface area contributed by atoms with Gasteiger partial charge in [-0.3, -0.25) is 4.79 Å². The number of aliphatic hydroxyl groups excluding tert-OH is 1. The number of hydrogen-bond donors (Lipinski definition) is 2. The van der Waals surface area contributed by atoms with Gasteiger partial charge >= 0.3 is 0 Å². The van der Waals surface area contributed by atoms with Crippen LogP contribution in [0.3, 0.4) is 0 Å². The van der Waals surface area contributed by atoms with Crippen LogP contribution in [0.15, 0.2) is 24.3 Å². The van der Waals surface area contributed by atoms with Gasteiger partial charge in [0, 0.05) is 25.1 Å². The summed E-state index contributed by atoms with van der Waals surface area (Å²) in [5.74, 6) is 5.69. The molecule has 1 unspecified atom stereocenters. The first-order chi connectivity index (χ1) is 10.0. The molecule has 0 bridgehead atoms. The molecule has 1 heterocycles. The lowest BCUT2D eigenvalue weighted by atomic mass is 9.94. The van der Waals surface area contributed by atoms with E-state index in [1.165, 1.54) is 0 Å². The van der Waals surface area contributed by atoms with Crippen LogP contribution in [0.5, 0.6) is 0 Å². The Hall–Kier alpha value is -1.83. The number of nitrogens with zero attached hydrogens (tertiary/aromatic N) is 1. The van der Waals surface area contributed by atoms with Gasteiger partial charge < -0.3 is 15.1 Å². The first-order valence-corrected chi connectivity index (χ1v) is 7.24. The highest BCUT2D eigenvalue weighted by atomic mass is 16.3. The van der Waals surface area contributed by atoms with E-state index in [1.807, 2.05) is 12.1 Å². The van der Waals surface area contributed by atoms with Gasteiger partial charge in [0.2, 0.25) is 0 Å². The second-order valence-electron chi connectivity index (χ2n) is 5.65. The highest BCUT2D eigenvalue weighted by Crippen LogP contribution is 2.22. The number of piperidine rings is 1. The molecule has 4 nitrogen and oxygen atoms in total. The standard InChI is InChI=1S/C17H21NO3/c1-17(21)10-6-11-18(13-17)16(20)15-9-3-2-7-14(15)8-4-5-12-19/h2-3,7,9,19,21H,5-6,10-13H2,1H3. The lowest BCUT2D eigenvalue weighted by Gasteiger charge is -2.37. The average molecular weight is 287 g/mol. The molecule has 0 aliphatic carbocycles. The van der Waals surface area contributed by atoms with Crippen LogP contribution >= 0.6 is 0 Å². The number of rotatable bonds is 2. The molecular formula is C17H21NO3. The summed E-state index contributed by atoms with van der Waals surface area (Å²) in [4.78, 5) is 14.3. The molecule has 4 heteroatoms. The van der Waals surface area contributed by atoms with Crippen LogP contribution in [0.1, 0.15) is 42.1 Å². The normalized spacial score (nSPS) is 21.6. The summed E-state index contributed by atoms with van der Waals surface area (Å²) in [5.41, 5.74) is 0.410. The molecule has 0 radical (unpaired) electrons. The van der Waals surface area contributed by atoms with Crippen LogP contribution in [0.25, 0.3) is 0 Å². The van der Waals surface area contributed by atoms with Crippen LogP contribution in [-0.4, -0.2) is 46.3 Å². The summed E-state index contributed by atoms with van der Waals surface area (Å²) >= 11 is 0. The molecule has 112 valence electrons. The molecule has 0 saturated carbocycles. The first-order valence-electron chi connectivity index (χ1n) is 7.24. The Morgan fingerprint density at radius 1 is 1.43 bits per heavy atom. The summed E-state index contributed by atoms with van der Waals surface area (Å²) in [6.45, 7) is 2.79. The molecule has 1 atom stereocenters. The number of benzene rings is 1. The van der Waals surface area contributed by atoms with Crippen molar-refractivity contribution in [3.05, 3.63) is 35.4 Å². The van der Waals surface area contributed by atoms with Gasteiger partial charge in [-0.05, 0) is 31.9 Å². The van der Waals surface area contributed by atoms with E-state index in [-0.39, 0.29) is 12.5 Å². The molecule has 1 amide bonds. The van der Waals surface area contributed by atoms with E-state index in [1.54, 1.807) is 24.0 Å². The number of likely N-dealkylation sites (tertiary alicyclic amines) is 1. The summed E-state index contributed by atoms with van der Waals surface area (Å²) in [7, 11) is 0. The van der Waals surface area contributed by atoms with Gasteiger partial charge in [0.25, 0.3) is 5.91 Å². The maximum Gasteiger partial charge on any atom is 0.255 e. The second-order valence-corrected chi connectivity index (χ2v) is 5.65. The third-order valence-corrected chi connectivity index (χ3v) is 3.58. The molecule has 1 aliphatic heterocycles. The van der Waals surface area contributed by atoms with Gasteiger partial charge in [0.15, 0.2) is 0 Å². The summed E-state index contributed by atoms with van der Waals surface area (Å²) in [5, 5.41) is 18.9. The minimum absolute atomic E-state index is 0.0120. The van der Waals surface area contributed by atoms with Gasteiger partial charge in [0.1, 0.15) is 0 Å². The van der Waals surface area contributed by atoms with Crippen molar-refractivity contribution < 1.29 is 15.0 Å². The summed E-state index contributed by atoms with van der Waals surface area (Å²) in [6, 6.07) is 7.22. The van der Waals surface area contributed by atoms with Gasteiger partial charge in [-0.25, -0.2) is 0 Å². The molecule has 2 rings (SSSR count). The van der Waals surface area contributed by atoms with Crippen LogP contribution in [-0.2, 0) is 0 Å². The van der Waals surface area contributed by atoms with Crippen molar-refractivity contribution in [1.29, 1.82) is 0 Å². The fraction of sp³-hybridized carbons (Fsp3) is 0.471. The van der Waals surface area contributed by atoms with Crippen molar-refractivity contribution in [2.24, 2.45) is 0 Å². The van der Waals surface area contributed by atoms with Crippen molar-refractivity contribution in [2.75, 3.05) is 19.7 Å². The summed E-state index contributed by atoms with van der Waals surface area (Å²) in [6.07, 6.45) is 1.91. The van der Waals surface area contributed by atoms with Crippen LogP contribution in [0, 0.1) is 11.8 Å².